The zero-order valence-electron chi connectivity index (χ0n) is 27.9. The highest BCUT2D eigenvalue weighted by atomic mass is 32.2. The lowest BCUT2D eigenvalue weighted by atomic mass is 9.88. The molecule has 2 aliphatic heterocycles. The summed E-state index contributed by atoms with van der Waals surface area (Å²) in [6.45, 7) is 2.38. The van der Waals surface area contributed by atoms with E-state index in [9.17, 15) is 18.3 Å². The molecule has 2 unspecified atom stereocenters. The summed E-state index contributed by atoms with van der Waals surface area (Å²) in [7, 11) is 2.49. The van der Waals surface area contributed by atoms with E-state index in [0.29, 0.717) is 48.3 Å². The molecule has 2 aromatic carbocycles. The number of hydrogen-bond donors (Lipinski definition) is 2. The van der Waals surface area contributed by atoms with Crippen molar-refractivity contribution in [3.05, 3.63) is 71.6 Å². The van der Waals surface area contributed by atoms with Gasteiger partial charge in [0.1, 0.15) is 11.0 Å². The maximum absolute atomic E-state index is 13.6. The molecule has 6 rings (SSSR count). The number of hydrogen-bond acceptors (Lipinski definition) is 9. The molecule has 0 aliphatic carbocycles. The smallest absolute Gasteiger partial charge is 0.387 e. The van der Waals surface area contributed by atoms with Crippen molar-refractivity contribution in [2.45, 2.75) is 62.1 Å². The first kappa shape index (κ1) is 34.4. The van der Waals surface area contributed by atoms with E-state index in [1.807, 2.05) is 35.2 Å². The lowest BCUT2D eigenvalue weighted by Crippen LogP contribution is -2.40. The van der Waals surface area contributed by atoms with Gasteiger partial charge in [0.25, 0.3) is 0 Å². The van der Waals surface area contributed by atoms with E-state index < -0.39 is 17.6 Å². The molecule has 0 radical (unpaired) electrons. The van der Waals surface area contributed by atoms with Gasteiger partial charge in [-0.25, -0.2) is 18.5 Å². The number of rotatable bonds is 11. The number of piperidine rings is 2. The molecular formula is C35H41F2N9O2S. The van der Waals surface area contributed by atoms with Crippen LogP contribution in [0.3, 0.4) is 0 Å². The van der Waals surface area contributed by atoms with Crippen LogP contribution in [-0.2, 0) is 18.0 Å². The van der Waals surface area contributed by atoms with Gasteiger partial charge in [0.2, 0.25) is 5.95 Å². The molecule has 0 spiro atoms. The zero-order chi connectivity index (χ0) is 34.5. The Hall–Kier alpha value is -4.45. The van der Waals surface area contributed by atoms with E-state index in [1.165, 1.54) is 18.0 Å². The molecular weight excluding hydrogens is 649 g/mol. The molecule has 2 saturated heterocycles. The number of benzene rings is 2. The largest absolute Gasteiger partial charge is 0.432 e. The Labute approximate surface area is 287 Å². The molecule has 2 fully saturated rings. The van der Waals surface area contributed by atoms with Gasteiger partial charge in [-0.1, -0.05) is 18.2 Å². The molecule has 2 N–H and O–H groups in total. The molecule has 4 aromatic rings. The fourth-order valence-corrected chi connectivity index (χ4v) is 7.91. The van der Waals surface area contributed by atoms with Crippen LogP contribution in [0.4, 0.5) is 20.5 Å². The van der Waals surface area contributed by atoms with Gasteiger partial charge in [0.15, 0.2) is 11.6 Å². The first-order valence-electron chi connectivity index (χ1n) is 16.5. The number of halogens is 2. The molecule has 11 nitrogen and oxygen atoms in total. The predicted octanol–water partition coefficient (Wildman–Crippen LogP) is 5.76. The second kappa shape index (κ2) is 15.4. The van der Waals surface area contributed by atoms with Crippen molar-refractivity contribution in [2.24, 2.45) is 7.05 Å². The topological polar surface area (TPSA) is 124 Å². The Bertz CT molecular complexity index is 1840. The fraction of sp³-hybridized carbons (Fsp3) is 0.429. The van der Waals surface area contributed by atoms with E-state index in [1.54, 1.807) is 12.1 Å². The summed E-state index contributed by atoms with van der Waals surface area (Å²) >= 11 is 0. The molecule has 49 heavy (non-hydrogen) atoms. The van der Waals surface area contributed by atoms with Crippen molar-refractivity contribution in [2.75, 3.05) is 43.9 Å². The number of nitriles is 1. The molecule has 258 valence electrons. The van der Waals surface area contributed by atoms with Crippen molar-refractivity contribution < 1.29 is 17.7 Å². The molecule has 2 atom stereocenters. The second-order valence-corrected chi connectivity index (χ2v) is 14.0. The summed E-state index contributed by atoms with van der Waals surface area (Å²) < 4.78 is 46.5. The lowest BCUT2D eigenvalue weighted by molar-refractivity contribution is -0.0503. The van der Waals surface area contributed by atoms with Crippen LogP contribution in [0.5, 0.6) is 5.75 Å². The van der Waals surface area contributed by atoms with Crippen molar-refractivity contribution in [3.63, 3.8) is 0 Å². The van der Waals surface area contributed by atoms with E-state index in [0.717, 1.165) is 48.2 Å². The van der Waals surface area contributed by atoms with E-state index in [4.69, 9.17) is 0 Å². The highest BCUT2D eigenvalue weighted by molar-refractivity contribution is 7.82. The zero-order valence-corrected chi connectivity index (χ0v) is 28.7. The number of alkyl halides is 2. The first-order chi connectivity index (χ1) is 23.7. The Morgan fingerprint density at radius 2 is 1.80 bits per heavy atom. The van der Waals surface area contributed by atoms with Crippen molar-refractivity contribution in [1.29, 1.82) is 5.26 Å². The summed E-state index contributed by atoms with van der Waals surface area (Å²) in [5.41, 5.74) is 3.80. The maximum Gasteiger partial charge on any atom is 0.387 e. The van der Waals surface area contributed by atoms with Gasteiger partial charge < -0.3 is 15.4 Å². The molecule has 0 saturated carbocycles. The van der Waals surface area contributed by atoms with Crippen LogP contribution in [-0.4, -0.2) is 85.1 Å². The normalized spacial score (nSPS) is 18.1. The second-order valence-electron chi connectivity index (χ2n) is 12.5. The van der Waals surface area contributed by atoms with E-state index in [-0.39, 0.29) is 17.8 Å². The number of nitrogens with zero attached hydrogens (tertiary/aromatic N) is 7. The minimum absolute atomic E-state index is 0.0531. The third kappa shape index (κ3) is 8.07. The van der Waals surface area contributed by atoms with Crippen LogP contribution < -0.4 is 15.4 Å². The number of aryl methyl sites for hydroxylation is 1. The van der Waals surface area contributed by atoms with Crippen molar-refractivity contribution >= 4 is 39.7 Å². The summed E-state index contributed by atoms with van der Waals surface area (Å²) in [6, 6.07) is 14.6. The average Bonchev–Trinajstić information content (AvgIpc) is 3.45. The minimum atomic E-state index is -2.93. The highest BCUT2D eigenvalue weighted by Gasteiger charge is 2.26. The van der Waals surface area contributed by atoms with Crippen LogP contribution in [0.25, 0.3) is 17.0 Å². The standard InChI is InChI=1S/C35H41F2N9O2S/c1-23(45-14-10-24(11-15-45)26-7-9-31-32(19-26)44(3)43-33(31)39-2)4-5-25-18-30(8-6-27(25)20-38)49(47)46-16-12-28(13-17-46)42-35-40-21-29(22-41-35)48-34(36)37/h4-9,18-19,21-24,28,34H,10-17H2,1-3H3,(H,39,43)(H,40,41,42)/b5-4+. The summed E-state index contributed by atoms with van der Waals surface area (Å²) in [4.78, 5) is 11.2. The summed E-state index contributed by atoms with van der Waals surface area (Å²) in [5.74, 6) is 1.62. The number of nitrogens with one attached hydrogen (secondary N) is 2. The highest BCUT2D eigenvalue weighted by Crippen LogP contribution is 2.33. The average molecular weight is 690 g/mol. The predicted molar refractivity (Wildman–Crippen MR) is 187 cm³/mol. The SMILES string of the molecule is CNc1nn(C)c2cc(C3CCN(C(C)/C=C/c4cc(S(=O)N5CCC(Nc6ncc(OC(F)F)cn6)CC5)ccc4C#N)CC3)ccc12. The molecule has 4 heterocycles. The third-order valence-electron chi connectivity index (χ3n) is 9.46. The molecule has 14 heteroatoms. The number of aromatic nitrogens is 4. The molecule has 2 aliphatic rings. The van der Waals surface area contributed by atoms with Crippen LogP contribution in [0, 0.1) is 11.3 Å². The van der Waals surface area contributed by atoms with Gasteiger partial charge in [0.05, 0.1) is 34.4 Å². The fourth-order valence-electron chi connectivity index (χ4n) is 6.66. The number of likely N-dealkylation sites (tertiary alicyclic amines) is 1. The summed E-state index contributed by atoms with van der Waals surface area (Å²) in [6.07, 6.45) is 10.1. The minimum Gasteiger partial charge on any atom is -0.432 e. The van der Waals surface area contributed by atoms with Crippen molar-refractivity contribution in [3.8, 4) is 11.8 Å². The lowest BCUT2D eigenvalue weighted by Gasteiger charge is -2.35. The van der Waals surface area contributed by atoms with E-state index in [2.05, 4.69) is 72.6 Å². The Balaban J connectivity index is 1.02. The Morgan fingerprint density at radius 1 is 1.06 bits per heavy atom. The van der Waals surface area contributed by atoms with Gasteiger partial charge in [-0.2, -0.15) is 19.1 Å². The number of ether oxygens (including phenoxy) is 1. The first-order valence-corrected chi connectivity index (χ1v) is 17.6. The van der Waals surface area contributed by atoms with Gasteiger partial charge in [0, 0.05) is 44.7 Å². The summed E-state index contributed by atoms with van der Waals surface area (Å²) in [5, 5.41) is 21.9. The quantitative estimate of drug-likeness (QED) is 0.202. The molecule has 0 amide bonds. The Morgan fingerprint density at radius 3 is 2.47 bits per heavy atom. The monoisotopic (exact) mass is 689 g/mol. The van der Waals surface area contributed by atoms with Gasteiger partial charge >= 0.3 is 6.61 Å². The van der Waals surface area contributed by atoms with E-state index >= 15 is 0 Å². The van der Waals surface area contributed by atoms with Crippen LogP contribution >= 0.6 is 0 Å². The van der Waals surface area contributed by atoms with Crippen LogP contribution in [0.15, 0.2) is 59.8 Å². The third-order valence-corrected chi connectivity index (χ3v) is 11.0. The number of anilines is 2. The van der Waals surface area contributed by atoms with Gasteiger partial charge in [-0.3, -0.25) is 9.58 Å². The van der Waals surface area contributed by atoms with Crippen LogP contribution in [0.1, 0.15) is 55.2 Å². The van der Waals surface area contributed by atoms with Crippen molar-refractivity contribution in [1.82, 2.24) is 29.0 Å². The van der Waals surface area contributed by atoms with Crippen LogP contribution in [0.2, 0.25) is 0 Å². The molecule has 0 bridgehead atoms. The Kier molecular flexibility index (Phi) is 10.8. The van der Waals surface area contributed by atoms with Gasteiger partial charge in [-0.15, -0.1) is 0 Å². The van der Waals surface area contributed by atoms with Gasteiger partial charge in [-0.05, 0) is 93.1 Å². The molecule has 2 aromatic heterocycles. The number of fused-ring (bicyclic) bond motifs is 1. The maximum atomic E-state index is 13.6.